The van der Waals surface area contributed by atoms with Gasteiger partial charge in [-0.2, -0.15) is 0 Å². The van der Waals surface area contributed by atoms with E-state index in [-0.39, 0.29) is 0 Å². The van der Waals surface area contributed by atoms with Gasteiger partial charge in [0.05, 0.1) is 0 Å². The molecule has 0 radical (unpaired) electrons. The quantitative estimate of drug-likeness (QED) is 0.581. The van der Waals surface area contributed by atoms with Crippen molar-refractivity contribution in [1.29, 1.82) is 0 Å². The number of hydrogen-bond acceptors (Lipinski definition) is 0. The topological polar surface area (TPSA) is 0 Å². The van der Waals surface area contributed by atoms with Crippen LogP contribution in [0.25, 0.3) is 0 Å². The Balaban J connectivity index is 4.15. The third kappa shape index (κ3) is 3.51. The van der Waals surface area contributed by atoms with Gasteiger partial charge in [0.1, 0.15) is 0 Å². The van der Waals surface area contributed by atoms with Crippen molar-refractivity contribution in [1.82, 2.24) is 0 Å². The van der Waals surface area contributed by atoms with Crippen molar-refractivity contribution in [2.45, 2.75) is 68.0 Å². The molecule has 0 aromatic carbocycles. The Hall–Kier alpha value is 0.543. The molecule has 0 heterocycles. The molecule has 0 rings (SSSR count). The molecule has 0 aliphatic carbocycles. The summed E-state index contributed by atoms with van der Waals surface area (Å²) in [7, 11) is 0. The van der Waals surface area contributed by atoms with Crippen LogP contribution in [0.3, 0.4) is 0 Å². The second-order valence-electron chi connectivity index (χ2n) is 4.46. The normalized spacial score (nSPS) is 14.8. The van der Waals surface area contributed by atoms with Crippen LogP contribution in [0.4, 0.5) is 0 Å². The summed E-state index contributed by atoms with van der Waals surface area (Å²) in [4.78, 5) is 0. The van der Waals surface area contributed by atoms with E-state index >= 15 is 0 Å². The summed E-state index contributed by atoms with van der Waals surface area (Å²) in [5.41, 5.74) is 0. The minimum absolute atomic E-state index is 1.07. The van der Waals surface area contributed by atoms with Crippen molar-refractivity contribution in [3.8, 4) is 0 Å². The van der Waals surface area contributed by atoms with E-state index in [1.807, 2.05) is 0 Å². The molecular weight excluding hydrogens is 205 g/mol. The Morgan fingerprint density at radius 3 is 1.67 bits per heavy atom. The summed E-state index contributed by atoms with van der Waals surface area (Å²) in [6.07, 6.45) is 4.25. The van der Waals surface area contributed by atoms with Crippen LogP contribution in [0.5, 0.6) is 0 Å². The first kappa shape index (κ1) is 12.5. The van der Waals surface area contributed by atoms with E-state index in [9.17, 15) is 0 Å². The minimum atomic E-state index is -1.36. The van der Waals surface area contributed by atoms with Crippen LogP contribution in [0, 0.1) is 0 Å². The van der Waals surface area contributed by atoms with E-state index in [0.717, 1.165) is 4.75 Å². The van der Waals surface area contributed by atoms with Crippen molar-refractivity contribution in [2.24, 2.45) is 0 Å². The summed E-state index contributed by atoms with van der Waals surface area (Å²) < 4.78 is 1.07. The second kappa shape index (κ2) is 6.07. The Morgan fingerprint density at radius 1 is 1.00 bits per heavy atom. The van der Waals surface area contributed by atoms with E-state index in [2.05, 4.69) is 33.5 Å². The van der Waals surface area contributed by atoms with E-state index in [4.69, 9.17) is 0 Å². The molecule has 0 saturated carbocycles. The van der Waals surface area contributed by atoms with Gasteiger partial charge in [0.2, 0.25) is 0 Å². The Morgan fingerprint density at radius 2 is 1.42 bits per heavy atom. The summed E-state index contributed by atoms with van der Waals surface area (Å²) in [6.45, 7) is 9.55. The average Bonchev–Trinajstić information content (AvgIpc) is 2.04. The molecule has 0 N–H and O–H groups in total. The molecule has 0 aliphatic rings. The van der Waals surface area contributed by atoms with E-state index in [1.165, 1.54) is 19.3 Å². The summed E-state index contributed by atoms with van der Waals surface area (Å²) in [5.74, 6) is 2.65. The summed E-state index contributed by atoms with van der Waals surface area (Å²) >= 11 is -1.36. The third-order valence-electron chi connectivity index (χ3n) is 3.44. The van der Waals surface area contributed by atoms with Gasteiger partial charge in [-0.25, -0.2) is 0 Å². The van der Waals surface area contributed by atoms with Crippen LogP contribution >= 0.6 is 0 Å². The van der Waals surface area contributed by atoms with Gasteiger partial charge in [-0.15, -0.1) is 0 Å². The molecule has 0 aromatic rings. The predicted molar refractivity (Wildman–Crippen MR) is 61.5 cm³/mol. The van der Waals surface area contributed by atoms with Crippen LogP contribution in [-0.2, 0) is 0 Å². The molecule has 1 atom stereocenters. The van der Waals surface area contributed by atoms with Gasteiger partial charge in [-0.3, -0.25) is 0 Å². The zero-order chi connectivity index (χ0) is 9.61. The zero-order valence-corrected chi connectivity index (χ0v) is 11.7. The maximum atomic E-state index is 2.65. The van der Waals surface area contributed by atoms with E-state index in [0.29, 0.717) is 0 Å². The number of rotatable bonds is 6. The van der Waals surface area contributed by atoms with Gasteiger partial charge in [0, 0.05) is 0 Å². The van der Waals surface area contributed by atoms with Crippen molar-refractivity contribution in [3.05, 3.63) is 0 Å². The number of hydrogen-bond donors (Lipinski definition) is 0. The molecule has 0 amide bonds. The molecule has 12 heavy (non-hydrogen) atoms. The fourth-order valence-electron chi connectivity index (χ4n) is 2.25. The van der Waals surface area contributed by atoms with Crippen molar-refractivity contribution < 1.29 is 0 Å². The van der Waals surface area contributed by atoms with Crippen LogP contribution in [0.15, 0.2) is 0 Å². The first-order chi connectivity index (χ1) is 5.60. The van der Waals surface area contributed by atoms with Crippen LogP contribution in [-0.4, -0.2) is 13.3 Å². The maximum absolute atomic E-state index is 2.65. The molecule has 0 spiro atoms. The van der Waals surface area contributed by atoms with Crippen LogP contribution < -0.4 is 0 Å². The Labute approximate surface area is 81.5 Å². The molecule has 74 valence electrons. The van der Waals surface area contributed by atoms with Crippen LogP contribution in [0.2, 0.25) is 21.0 Å². The van der Waals surface area contributed by atoms with E-state index < -0.39 is 13.3 Å². The van der Waals surface area contributed by atoms with Crippen molar-refractivity contribution in [2.75, 3.05) is 0 Å². The molecule has 0 bridgehead atoms. The first-order valence-electron chi connectivity index (χ1n) is 5.60. The fraction of sp³-hybridized carbons (Fsp3) is 1.00. The standard InChI is InChI=1S/C11H26Ge/c1-6-9-12(5,10-7-2)11(4)8-3/h11H,6-10H2,1-5H3. The summed E-state index contributed by atoms with van der Waals surface area (Å²) in [6, 6.07) is 0. The van der Waals surface area contributed by atoms with Crippen molar-refractivity contribution in [3.63, 3.8) is 0 Å². The Kier molecular flexibility index (Phi) is 6.34. The van der Waals surface area contributed by atoms with Gasteiger partial charge >= 0.3 is 81.2 Å². The van der Waals surface area contributed by atoms with Gasteiger partial charge in [-0.05, 0) is 0 Å². The second-order valence-corrected chi connectivity index (χ2v) is 15.6. The van der Waals surface area contributed by atoms with Gasteiger partial charge in [-0.1, -0.05) is 0 Å². The van der Waals surface area contributed by atoms with E-state index in [1.54, 1.807) is 10.5 Å². The molecule has 0 aliphatic heterocycles. The average molecular weight is 231 g/mol. The van der Waals surface area contributed by atoms with Gasteiger partial charge in [0.25, 0.3) is 0 Å². The molecule has 0 fully saturated rings. The third-order valence-corrected chi connectivity index (χ3v) is 16.2. The van der Waals surface area contributed by atoms with Gasteiger partial charge < -0.3 is 0 Å². The monoisotopic (exact) mass is 232 g/mol. The molecule has 1 heteroatoms. The first-order valence-corrected chi connectivity index (χ1v) is 11.9. The molecule has 0 aromatic heterocycles. The van der Waals surface area contributed by atoms with Crippen LogP contribution in [0.1, 0.15) is 47.0 Å². The molecular formula is C11H26Ge. The van der Waals surface area contributed by atoms with Crippen molar-refractivity contribution >= 4 is 13.3 Å². The summed E-state index contributed by atoms with van der Waals surface area (Å²) in [5, 5.41) is 3.17. The molecule has 0 nitrogen and oxygen atoms in total. The SMILES string of the molecule is CC[CH2][Ge]([CH3])([CH2]CC)[CH](C)CC. The fourth-order valence-corrected chi connectivity index (χ4v) is 11.7. The zero-order valence-electron chi connectivity index (χ0n) is 9.61. The van der Waals surface area contributed by atoms with Gasteiger partial charge in [0.15, 0.2) is 0 Å². The predicted octanol–water partition coefficient (Wildman–Crippen LogP) is 4.69. The Bertz CT molecular complexity index is 104. The molecule has 0 saturated heterocycles. The molecule has 1 unspecified atom stereocenters.